The summed E-state index contributed by atoms with van der Waals surface area (Å²) in [4.78, 5) is 14.4. The zero-order valence-electron chi connectivity index (χ0n) is 13.9. The molecule has 1 atom stereocenters. The maximum Gasteiger partial charge on any atom is 0.246 e. The van der Waals surface area contributed by atoms with E-state index in [1.54, 1.807) is 11.0 Å². The molecule has 0 fully saturated rings. The van der Waals surface area contributed by atoms with Gasteiger partial charge in [-0.25, -0.2) is 4.39 Å². The second-order valence-corrected chi connectivity index (χ2v) is 7.06. The Morgan fingerprint density at radius 3 is 2.70 bits per heavy atom. The van der Waals surface area contributed by atoms with Gasteiger partial charge in [0.1, 0.15) is 17.7 Å². The van der Waals surface area contributed by atoms with E-state index in [4.69, 9.17) is 0 Å². The molecule has 1 amide bonds. The molecule has 6 heteroatoms. The molecular formula is C17H21FN4O. The van der Waals surface area contributed by atoms with Gasteiger partial charge in [0.25, 0.3) is 0 Å². The number of aromatic nitrogens is 3. The van der Waals surface area contributed by atoms with Crippen molar-refractivity contribution < 1.29 is 9.18 Å². The fraction of sp³-hybridized carbons (Fsp3) is 0.471. The lowest BCUT2D eigenvalue weighted by atomic mass is 9.95. The van der Waals surface area contributed by atoms with Crippen LogP contribution >= 0.6 is 0 Å². The minimum absolute atomic E-state index is 0.00654. The second-order valence-electron chi connectivity index (χ2n) is 7.06. The summed E-state index contributed by atoms with van der Waals surface area (Å²) in [5, 5.41) is 8.55. The first-order chi connectivity index (χ1) is 10.8. The zero-order chi connectivity index (χ0) is 16.8. The quantitative estimate of drug-likeness (QED) is 0.856. The van der Waals surface area contributed by atoms with Crippen LogP contribution in [0.2, 0.25) is 0 Å². The SMILES string of the molecule is C[C@H]1C(=O)N(Cc2cccc(F)c2)Cc2nnc(C(C)(C)C)n21. The van der Waals surface area contributed by atoms with Gasteiger partial charge < -0.3 is 9.47 Å². The van der Waals surface area contributed by atoms with Gasteiger partial charge in [0.05, 0.1) is 6.54 Å². The zero-order valence-corrected chi connectivity index (χ0v) is 13.9. The van der Waals surface area contributed by atoms with Gasteiger partial charge in [0, 0.05) is 12.0 Å². The molecule has 2 heterocycles. The summed E-state index contributed by atoms with van der Waals surface area (Å²) in [5.41, 5.74) is 0.597. The highest BCUT2D eigenvalue weighted by atomic mass is 19.1. The molecule has 0 bridgehead atoms. The average molecular weight is 316 g/mol. The Bertz CT molecular complexity index is 747. The predicted octanol–water partition coefficient (Wildman–Crippen LogP) is 2.82. The van der Waals surface area contributed by atoms with Crippen molar-refractivity contribution in [1.82, 2.24) is 19.7 Å². The normalized spacial score (nSPS) is 18.2. The Balaban J connectivity index is 1.90. The van der Waals surface area contributed by atoms with E-state index in [-0.39, 0.29) is 23.2 Å². The number of nitrogens with zero attached hydrogens (tertiary/aromatic N) is 4. The molecule has 122 valence electrons. The van der Waals surface area contributed by atoms with Gasteiger partial charge in [-0.05, 0) is 24.6 Å². The topological polar surface area (TPSA) is 51.0 Å². The lowest BCUT2D eigenvalue weighted by Gasteiger charge is -2.33. The Morgan fingerprint density at radius 2 is 2.04 bits per heavy atom. The van der Waals surface area contributed by atoms with Gasteiger partial charge in [-0.2, -0.15) is 0 Å². The molecule has 0 aliphatic carbocycles. The van der Waals surface area contributed by atoms with Crippen molar-refractivity contribution >= 4 is 5.91 Å². The van der Waals surface area contributed by atoms with Crippen LogP contribution in [0.5, 0.6) is 0 Å². The minimum Gasteiger partial charge on any atom is -0.329 e. The van der Waals surface area contributed by atoms with E-state index in [2.05, 4.69) is 31.0 Å². The predicted molar refractivity (Wildman–Crippen MR) is 84.1 cm³/mol. The van der Waals surface area contributed by atoms with Gasteiger partial charge in [0.2, 0.25) is 5.91 Å². The van der Waals surface area contributed by atoms with E-state index >= 15 is 0 Å². The number of rotatable bonds is 2. The molecular weight excluding hydrogens is 295 g/mol. The van der Waals surface area contributed by atoms with E-state index < -0.39 is 0 Å². The smallest absolute Gasteiger partial charge is 0.246 e. The molecule has 1 aromatic heterocycles. The number of carbonyl (C=O) groups excluding carboxylic acids is 1. The molecule has 0 saturated carbocycles. The molecule has 23 heavy (non-hydrogen) atoms. The summed E-state index contributed by atoms with van der Waals surface area (Å²) in [6.07, 6.45) is 0. The fourth-order valence-electron chi connectivity index (χ4n) is 2.96. The van der Waals surface area contributed by atoms with E-state index in [9.17, 15) is 9.18 Å². The third-order valence-electron chi connectivity index (χ3n) is 4.09. The molecule has 0 unspecified atom stereocenters. The number of hydrogen-bond acceptors (Lipinski definition) is 3. The highest BCUT2D eigenvalue weighted by Crippen LogP contribution is 2.29. The Morgan fingerprint density at radius 1 is 1.30 bits per heavy atom. The first kappa shape index (κ1) is 15.6. The van der Waals surface area contributed by atoms with Crippen LogP contribution in [0.1, 0.15) is 50.9 Å². The molecule has 1 aromatic carbocycles. The van der Waals surface area contributed by atoms with Crippen molar-refractivity contribution in [1.29, 1.82) is 0 Å². The number of halogens is 1. The Kier molecular flexibility index (Phi) is 3.70. The van der Waals surface area contributed by atoms with Crippen LogP contribution in [-0.2, 0) is 23.3 Å². The first-order valence-corrected chi connectivity index (χ1v) is 7.75. The van der Waals surface area contributed by atoms with Crippen LogP contribution in [0.25, 0.3) is 0 Å². The lowest BCUT2D eigenvalue weighted by Crippen LogP contribution is -2.42. The minimum atomic E-state index is -0.350. The third kappa shape index (κ3) is 2.85. The maximum absolute atomic E-state index is 13.3. The lowest BCUT2D eigenvalue weighted by molar-refractivity contribution is -0.137. The first-order valence-electron chi connectivity index (χ1n) is 7.75. The van der Waals surface area contributed by atoms with Gasteiger partial charge in [-0.15, -0.1) is 10.2 Å². The molecule has 1 aliphatic rings. The largest absolute Gasteiger partial charge is 0.329 e. The molecule has 2 aromatic rings. The van der Waals surface area contributed by atoms with Crippen LogP contribution in [0.3, 0.4) is 0 Å². The van der Waals surface area contributed by atoms with Crippen LogP contribution < -0.4 is 0 Å². The van der Waals surface area contributed by atoms with Gasteiger partial charge in [-0.1, -0.05) is 32.9 Å². The molecule has 0 radical (unpaired) electrons. The monoisotopic (exact) mass is 316 g/mol. The number of hydrogen-bond donors (Lipinski definition) is 0. The molecule has 0 N–H and O–H groups in total. The Labute approximate surface area is 135 Å². The van der Waals surface area contributed by atoms with Gasteiger partial charge in [0.15, 0.2) is 5.82 Å². The van der Waals surface area contributed by atoms with E-state index in [0.29, 0.717) is 13.1 Å². The number of carbonyl (C=O) groups is 1. The molecule has 0 saturated heterocycles. The highest BCUT2D eigenvalue weighted by molar-refractivity contribution is 5.81. The summed E-state index contributed by atoms with van der Waals surface area (Å²) < 4.78 is 15.3. The molecule has 3 rings (SSSR count). The number of amides is 1. The van der Waals surface area contributed by atoms with Crippen molar-refractivity contribution in [2.45, 2.75) is 52.2 Å². The number of fused-ring (bicyclic) bond motifs is 1. The van der Waals surface area contributed by atoms with Crippen LogP contribution in [-0.4, -0.2) is 25.6 Å². The standard InChI is InChI=1S/C17H21FN4O/c1-11-15(23)21(9-12-6-5-7-13(18)8-12)10-14-19-20-16(22(11)14)17(2,3)4/h5-8,11H,9-10H2,1-4H3/t11-/m0/s1. The summed E-state index contributed by atoms with van der Waals surface area (Å²) >= 11 is 0. The van der Waals surface area contributed by atoms with Crippen molar-refractivity contribution in [3.8, 4) is 0 Å². The van der Waals surface area contributed by atoms with Crippen LogP contribution in [0.15, 0.2) is 24.3 Å². The maximum atomic E-state index is 13.3. The van der Waals surface area contributed by atoms with Crippen LogP contribution in [0.4, 0.5) is 4.39 Å². The van der Waals surface area contributed by atoms with Gasteiger partial charge >= 0.3 is 0 Å². The van der Waals surface area contributed by atoms with Gasteiger partial charge in [-0.3, -0.25) is 4.79 Å². The summed E-state index contributed by atoms with van der Waals surface area (Å²) in [6.45, 7) is 8.80. The van der Waals surface area contributed by atoms with Crippen molar-refractivity contribution in [2.24, 2.45) is 0 Å². The van der Waals surface area contributed by atoms with Crippen molar-refractivity contribution in [3.05, 3.63) is 47.3 Å². The van der Waals surface area contributed by atoms with E-state index in [0.717, 1.165) is 17.2 Å². The average Bonchev–Trinajstić information content (AvgIpc) is 2.88. The molecule has 5 nitrogen and oxygen atoms in total. The van der Waals surface area contributed by atoms with Crippen molar-refractivity contribution in [2.75, 3.05) is 0 Å². The Hall–Kier alpha value is -2.24. The number of benzene rings is 1. The summed E-state index contributed by atoms with van der Waals surface area (Å²) in [6, 6.07) is 5.98. The van der Waals surface area contributed by atoms with Crippen LogP contribution in [0, 0.1) is 5.82 Å². The summed E-state index contributed by atoms with van der Waals surface area (Å²) in [7, 11) is 0. The third-order valence-corrected chi connectivity index (χ3v) is 4.09. The van der Waals surface area contributed by atoms with E-state index in [1.165, 1.54) is 12.1 Å². The van der Waals surface area contributed by atoms with E-state index in [1.807, 2.05) is 17.6 Å². The highest BCUT2D eigenvalue weighted by Gasteiger charge is 2.36. The van der Waals surface area contributed by atoms with Crippen molar-refractivity contribution in [3.63, 3.8) is 0 Å². The molecule has 0 spiro atoms. The fourth-order valence-corrected chi connectivity index (χ4v) is 2.96. The molecule has 1 aliphatic heterocycles. The summed E-state index contributed by atoms with van der Waals surface area (Å²) in [5.74, 6) is 1.31. The second kappa shape index (κ2) is 5.44.